The van der Waals surface area contributed by atoms with Crippen LogP contribution in [0.3, 0.4) is 0 Å². The first-order valence-electron chi connectivity index (χ1n) is 22.1. The van der Waals surface area contributed by atoms with Gasteiger partial charge in [0.05, 0.1) is 30.2 Å². The van der Waals surface area contributed by atoms with Gasteiger partial charge < -0.3 is 30.1 Å². The zero-order valence-corrected chi connectivity index (χ0v) is 45.5. The van der Waals surface area contributed by atoms with E-state index in [1.165, 1.54) is 24.3 Å². The molecule has 0 spiro atoms. The van der Waals surface area contributed by atoms with Gasteiger partial charge in [-0.2, -0.15) is 21.9 Å². The van der Waals surface area contributed by atoms with Gasteiger partial charge in [0.15, 0.2) is 5.75 Å². The van der Waals surface area contributed by atoms with E-state index in [-0.39, 0.29) is 81.7 Å². The molecule has 380 valence electrons. The standard InChI is InChI=1S/2C26H22ClN3O6S.Ca/c2*1-3-36-18-9-6-8-17(13-18)28-26(32)20-12-16-7-4-5-10-19(16)24(25(20)31)30-29-22-11-15(2)21(27)14-23(22)37(33,34)35;/h2*4-14,31H,3H2,1-2H3,(H,28,32)(H,33,34,35);/q;;+2/p-2. The maximum atomic E-state index is 13.4. The van der Waals surface area contributed by atoms with Crippen LogP contribution < -0.4 is 25.0 Å². The van der Waals surface area contributed by atoms with Crippen LogP contribution in [0.15, 0.2) is 169 Å². The van der Waals surface area contributed by atoms with Crippen LogP contribution >= 0.6 is 23.2 Å². The first kappa shape index (κ1) is 57.6. The molecular formula is C52H42CaCl2N6O12S2. The predicted molar refractivity (Wildman–Crippen MR) is 284 cm³/mol. The van der Waals surface area contributed by atoms with E-state index in [1.54, 1.807) is 111 Å². The second kappa shape index (κ2) is 24.7. The quantitative estimate of drug-likeness (QED) is 0.0260. The third-order valence-corrected chi connectivity index (χ3v) is 13.3. The minimum Gasteiger partial charge on any atom is -0.871 e. The summed E-state index contributed by atoms with van der Waals surface area (Å²) in [7, 11) is -9.36. The Labute approximate surface area is 470 Å². The van der Waals surface area contributed by atoms with Crippen LogP contribution in [0.1, 0.15) is 40.9 Å². The van der Waals surface area contributed by atoms with Crippen molar-refractivity contribution in [2.75, 3.05) is 18.5 Å². The van der Waals surface area contributed by atoms with E-state index in [0.29, 0.717) is 68.8 Å². The number of carbonyl (C=O) groups is 1. The van der Waals surface area contributed by atoms with Gasteiger partial charge in [-0.25, -0.2) is 0 Å². The van der Waals surface area contributed by atoms with Crippen molar-refractivity contribution < 1.29 is 55.5 Å². The summed E-state index contributed by atoms with van der Waals surface area (Å²) < 4.78 is 77.6. The number of aliphatic imine (C=N–C) groups is 1. The minimum absolute atomic E-state index is 0. The number of hydrogen-bond acceptors (Lipinski definition) is 15. The number of fused-ring (bicyclic) bond motifs is 2. The fourth-order valence-corrected chi connectivity index (χ4v) is 8.97. The summed E-state index contributed by atoms with van der Waals surface area (Å²) >= 11 is 12.0. The summed E-state index contributed by atoms with van der Waals surface area (Å²) in [6.45, 7) is 7.82. The molecule has 4 N–H and O–H groups in total. The molecule has 0 heterocycles. The second-order valence-corrected chi connectivity index (χ2v) is 19.5. The van der Waals surface area contributed by atoms with E-state index in [4.69, 9.17) is 32.7 Å². The topological polar surface area (TPSA) is 284 Å². The second-order valence-electron chi connectivity index (χ2n) is 15.9. The number of phenolic OH excluding ortho intramolecular Hbond substituents is 1. The zero-order chi connectivity index (χ0) is 53.5. The Hall–Kier alpha value is -6.72. The molecule has 0 fully saturated rings. The third-order valence-electron chi connectivity index (χ3n) is 10.8. The van der Waals surface area contributed by atoms with E-state index >= 15 is 0 Å². The molecule has 0 aliphatic carbocycles. The largest absolute Gasteiger partial charge is 2.00 e. The number of carbonyl (C=O) groups excluding carboxylic acids is 1. The Morgan fingerprint density at radius 3 is 1.64 bits per heavy atom. The Morgan fingerprint density at radius 1 is 0.627 bits per heavy atom. The molecule has 8 aromatic rings. The van der Waals surface area contributed by atoms with Crippen molar-refractivity contribution in [1.29, 1.82) is 0 Å². The number of phenols is 1. The molecule has 0 aromatic heterocycles. The molecule has 8 rings (SSSR count). The number of nitrogens with one attached hydrogen (secondary N) is 1. The number of amides is 1. The predicted octanol–water partition coefficient (Wildman–Crippen LogP) is 11.8. The van der Waals surface area contributed by atoms with Gasteiger partial charge in [-0.15, -0.1) is 15.3 Å². The van der Waals surface area contributed by atoms with E-state index in [1.807, 2.05) is 13.8 Å². The average molecular weight is 1120 g/mol. The molecule has 0 unspecified atom stereocenters. The summed E-state index contributed by atoms with van der Waals surface area (Å²) in [5, 5.41) is 58.4. The minimum atomic E-state index is -4.69. The van der Waals surface area contributed by atoms with Crippen molar-refractivity contribution >= 4 is 149 Å². The van der Waals surface area contributed by atoms with Crippen LogP contribution in [0.2, 0.25) is 10.0 Å². The Morgan fingerprint density at radius 2 is 1.11 bits per heavy atom. The van der Waals surface area contributed by atoms with Gasteiger partial charge in [0.25, 0.3) is 26.1 Å². The molecule has 23 heteroatoms. The number of aryl methyl sites for hydroxylation is 2. The number of rotatable bonds is 14. The number of halogens is 2. The third kappa shape index (κ3) is 14.0. The van der Waals surface area contributed by atoms with Crippen LogP contribution in [0, 0.1) is 13.8 Å². The molecular weight excluding hydrogens is 1080 g/mol. The van der Waals surface area contributed by atoms with E-state index in [2.05, 4.69) is 30.8 Å². The first-order chi connectivity index (χ1) is 35.2. The number of nitrogens with zero attached hydrogens (tertiary/aromatic N) is 5. The molecule has 1 amide bonds. The van der Waals surface area contributed by atoms with E-state index in [0.717, 1.165) is 12.1 Å². The molecule has 0 atom stereocenters. The molecule has 0 aliphatic rings. The van der Waals surface area contributed by atoms with Gasteiger partial charge in [0.1, 0.15) is 38.4 Å². The molecule has 8 aromatic carbocycles. The van der Waals surface area contributed by atoms with Crippen LogP contribution in [-0.2, 0) is 20.2 Å². The summed E-state index contributed by atoms with van der Waals surface area (Å²) in [6, 6.07) is 34.7. The normalized spacial score (nSPS) is 11.9. The molecule has 0 saturated heterocycles. The van der Waals surface area contributed by atoms with Gasteiger partial charge in [0.2, 0.25) is 0 Å². The summed E-state index contributed by atoms with van der Waals surface area (Å²) in [6.07, 6.45) is 0. The van der Waals surface area contributed by atoms with Crippen molar-refractivity contribution in [3.05, 3.63) is 166 Å². The number of benzene rings is 8. The smallest absolute Gasteiger partial charge is 0.871 e. The zero-order valence-electron chi connectivity index (χ0n) is 40.1. The first-order valence-corrected chi connectivity index (χ1v) is 25.7. The van der Waals surface area contributed by atoms with Crippen molar-refractivity contribution in [3.63, 3.8) is 0 Å². The molecule has 75 heavy (non-hydrogen) atoms. The Kier molecular flexibility index (Phi) is 19.0. The SMILES string of the molecule is CCOc1cccc(N=C([O-])c2cc3ccccc3c(N=Nc3cc(C)c(Cl)cc3S(=O)(=O)O)c2[O-])c1.CCOc1cccc(NC(=O)c2cc3ccccc3c(N=Nc3cc(C)c(Cl)cc3S(=O)(=O)O)c2O)c1.[Ca+2]. The molecule has 0 saturated carbocycles. The number of anilines is 1. The maximum Gasteiger partial charge on any atom is 2.00 e. The van der Waals surface area contributed by atoms with Crippen LogP contribution in [-0.4, -0.2) is 93.8 Å². The summed E-state index contributed by atoms with van der Waals surface area (Å²) in [5.74, 6) is -1.49. The summed E-state index contributed by atoms with van der Waals surface area (Å²) in [4.78, 5) is 16.1. The van der Waals surface area contributed by atoms with Crippen LogP contribution in [0.25, 0.3) is 21.5 Å². The van der Waals surface area contributed by atoms with Gasteiger partial charge in [-0.1, -0.05) is 89.6 Å². The van der Waals surface area contributed by atoms with Crippen molar-refractivity contribution in [2.24, 2.45) is 25.4 Å². The van der Waals surface area contributed by atoms with Gasteiger partial charge in [0, 0.05) is 38.6 Å². The maximum absolute atomic E-state index is 13.4. The molecule has 0 radical (unpaired) electrons. The van der Waals surface area contributed by atoms with Gasteiger partial charge in [-0.3, -0.25) is 18.9 Å². The molecule has 0 aliphatic heterocycles. The molecule has 18 nitrogen and oxygen atoms in total. The number of aromatic hydroxyl groups is 1. The van der Waals surface area contributed by atoms with E-state index < -0.39 is 53.3 Å². The van der Waals surface area contributed by atoms with Crippen molar-refractivity contribution in [1.82, 2.24) is 0 Å². The Balaban J connectivity index is 0.000000241. The number of ether oxygens (including phenoxy) is 2. The van der Waals surface area contributed by atoms with Gasteiger partial charge >= 0.3 is 37.7 Å². The average Bonchev–Trinajstić information content (AvgIpc) is 3.35. The van der Waals surface area contributed by atoms with Gasteiger partial charge in [-0.05, 0) is 122 Å². The van der Waals surface area contributed by atoms with Crippen LogP contribution in [0.5, 0.6) is 23.0 Å². The Bertz CT molecular complexity index is 3830. The van der Waals surface area contributed by atoms with Crippen molar-refractivity contribution in [3.8, 4) is 23.0 Å². The monoisotopic (exact) mass is 1120 g/mol. The fraction of sp³-hybridized carbons (Fsp3) is 0.115. The van der Waals surface area contributed by atoms with E-state index in [9.17, 15) is 46.1 Å². The number of azo groups is 2. The molecule has 0 bridgehead atoms. The number of hydrogen-bond donors (Lipinski definition) is 4. The fourth-order valence-electron chi connectivity index (χ4n) is 7.25. The van der Waals surface area contributed by atoms with Crippen LogP contribution in [0.4, 0.5) is 34.1 Å². The summed E-state index contributed by atoms with van der Waals surface area (Å²) in [5.41, 5.74) is 0.786. The van der Waals surface area contributed by atoms with Crippen molar-refractivity contribution in [2.45, 2.75) is 37.5 Å².